The van der Waals surface area contributed by atoms with Crippen LogP contribution in [-0.2, 0) is 0 Å². The maximum absolute atomic E-state index is 4.02. The SMILES string of the molecule is CN(C)CC[P]. The van der Waals surface area contributed by atoms with Crippen molar-refractivity contribution in [3.8, 4) is 0 Å². The van der Waals surface area contributed by atoms with Gasteiger partial charge in [-0.15, -0.1) is 0 Å². The lowest BCUT2D eigenvalue weighted by molar-refractivity contribution is 0.437. The minimum Gasteiger partial charge on any atom is -0.309 e. The highest BCUT2D eigenvalue weighted by atomic mass is 31.0. The molecule has 2 radical (unpaired) electrons. The maximum Gasteiger partial charge on any atom is 0.00211 e. The predicted molar refractivity (Wildman–Crippen MR) is 30.3 cm³/mol. The molecule has 36 valence electrons. The second kappa shape index (κ2) is 3.58. The third-order valence-electron chi connectivity index (χ3n) is 0.547. The summed E-state index contributed by atoms with van der Waals surface area (Å²) in [5.41, 5.74) is 0. The third kappa shape index (κ3) is 4.39. The van der Waals surface area contributed by atoms with E-state index in [9.17, 15) is 0 Å². The lowest BCUT2D eigenvalue weighted by atomic mass is 10.7. The van der Waals surface area contributed by atoms with Gasteiger partial charge in [-0.1, -0.05) is 0 Å². The zero-order valence-corrected chi connectivity index (χ0v) is 5.20. The molecule has 0 aromatic rings. The van der Waals surface area contributed by atoms with Crippen molar-refractivity contribution in [2.45, 2.75) is 0 Å². The molecule has 1 nitrogen and oxygen atoms in total. The molecule has 0 N–H and O–H groups in total. The van der Waals surface area contributed by atoms with Gasteiger partial charge in [-0.25, -0.2) is 0 Å². The molecule has 0 rings (SSSR count). The summed E-state index contributed by atoms with van der Waals surface area (Å²) < 4.78 is 0. The molecule has 0 fully saturated rings. The van der Waals surface area contributed by atoms with Crippen LogP contribution in [0, 0.1) is 0 Å². The number of rotatable bonds is 2. The van der Waals surface area contributed by atoms with E-state index in [-0.39, 0.29) is 0 Å². The molecular weight excluding hydrogens is 93.0 g/mol. The quantitative estimate of drug-likeness (QED) is 0.470. The molecule has 0 spiro atoms. The Morgan fingerprint density at radius 1 is 1.50 bits per heavy atom. The Kier molecular flexibility index (Phi) is 3.81. The number of hydrogen-bond donors (Lipinski definition) is 0. The molecule has 0 unspecified atom stereocenters. The Morgan fingerprint density at radius 3 is 2.00 bits per heavy atom. The molecule has 0 aliphatic carbocycles. The topological polar surface area (TPSA) is 3.24 Å². The highest BCUT2D eigenvalue weighted by Crippen LogP contribution is 1.79. The lowest BCUT2D eigenvalue weighted by Crippen LogP contribution is -2.13. The van der Waals surface area contributed by atoms with Gasteiger partial charge in [0, 0.05) is 6.54 Å². The molecule has 2 heteroatoms. The van der Waals surface area contributed by atoms with Gasteiger partial charge in [0.15, 0.2) is 0 Å². The van der Waals surface area contributed by atoms with Crippen molar-refractivity contribution in [1.82, 2.24) is 4.90 Å². The molecule has 0 aliphatic rings. The Morgan fingerprint density at radius 2 is 2.00 bits per heavy atom. The first kappa shape index (κ1) is 6.39. The van der Waals surface area contributed by atoms with Gasteiger partial charge >= 0.3 is 0 Å². The summed E-state index contributed by atoms with van der Waals surface area (Å²) >= 11 is 0. The van der Waals surface area contributed by atoms with E-state index < -0.39 is 0 Å². The highest BCUT2D eigenvalue weighted by Gasteiger charge is 1.80. The minimum atomic E-state index is 0.951. The molecule has 0 saturated carbocycles. The van der Waals surface area contributed by atoms with E-state index in [0.717, 1.165) is 12.7 Å². The summed E-state index contributed by atoms with van der Waals surface area (Å²) in [7, 11) is 8.09. The molecule has 0 saturated heterocycles. The molecule has 0 amide bonds. The minimum absolute atomic E-state index is 0.951. The Labute approximate surface area is 41.9 Å². The monoisotopic (exact) mass is 103 g/mol. The van der Waals surface area contributed by atoms with E-state index >= 15 is 0 Å². The van der Waals surface area contributed by atoms with Crippen molar-refractivity contribution in [2.24, 2.45) is 0 Å². The summed E-state index contributed by atoms with van der Waals surface area (Å²) in [4.78, 5) is 2.10. The second-order valence-electron chi connectivity index (χ2n) is 1.53. The van der Waals surface area contributed by atoms with Crippen molar-refractivity contribution in [1.29, 1.82) is 0 Å². The van der Waals surface area contributed by atoms with E-state index in [1.165, 1.54) is 0 Å². The van der Waals surface area contributed by atoms with Crippen LogP contribution in [0.5, 0.6) is 0 Å². The van der Waals surface area contributed by atoms with E-state index in [1.807, 2.05) is 14.1 Å². The van der Waals surface area contributed by atoms with Gasteiger partial charge in [0.25, 0.3) is 0 Å². The van der Waals surface area contributed by atoms with Crippen LogP contribution >= 0.6 is 9.24 Å². The Hall–Kier alpha value is 0.390. The van der Waals surface area contributed by atoms with Crippen LogP contribution in [-0.4, -0.2) is 31.7 Å². The smallest absolute Gasteiger partial charge is 0.00211 e. The maximum atomic E-state index is 4.02. The van der Waals surface area contributed by atoms with Gasteiger partial charge < -0.3 is 4.90 Å². The normalized spacial score (nSPS) is 10.0. The summed E-state index contributed by atoms with van der Waals surface area (Å²) in [6, 6.07) is 0. The number of hydrogen-bond acceptors (Lipinski definition) is 1. The van der Waals surface area contributed by atoms with Crippen LogP contribution in [0.1, 0.15) is 0 Å². The standard InChI is InChI=1S/C4H10NP/c1-5(2)3-4-6/h3-4H2,1-2H3. The zero-order chi connectivity index (χ0) is 4.99. The molecule has 0 aliphatic heterocycles. The van der Waals surface area contributed by atoms with E-state index in [0.29, 0.717) is 0 Å². The van der Waals surface area contributed by atoms with Crippen molar-refractivity contribution < 1.29 is 0 Å². The van der Waals surface area contributed by atoms with Gasteiger partial charge in [-0.05, 0) is 29.5 Å². The van der Waals surface area contributed by atoms with E-state index in [1.54, 1.807) is 0 Å². The molecule has 6 heavy (non-hydrogen) atoms. The fraction of sp³-hybridized carbons (Fsp3) is 1.00. The first-order valence-corrected chi connectivity index (χ1v) is 2.66. The van der Waals surface area contributed by atoms with Crippen LogP contribution in [0.25, 0.3) is 0 Å². The highest BCUT2D eigenvalue weighted by molar-refractivity contribution is 7.16. The van der Waals surface area contributed by atoms with Crippen LogP contribution in [0.2, 0.25) is 0 Å². The first-order valence-electron chi connectivity index (χ1n) is 2.03. The second-order valence-corrected chi connectivity index (χ2v) is 1.97. The molecule has 0 aromatic heterocycles. The van der Waals surface area contributed by atoms with Gasteiger partial charge in [-0.2, -0.15) is 0 Å². The predicted octanol–water partition coefficient (Wildman–Crippen LogP) is 0.958. The number of nitrogens with zero attached hydrogens (tertiary/aromatic N) is 1. The van der Waals surface area contributed by atoms with Crippen LogP contribution < -0.4 is 0 Å². The average Bonchev–Trinajstić information content (AvgIpc) is 1.35. The lowest BCUT2D eigenvalue weighted by Gasteiger charge is -2.03. The van der Waals surface area contributed by atoms with Crippen molar-refractivity contribution >= 4 is 9.24 Å². The van der Waals surface area contributed by atoms with E-state index in [2.05, 4.69) is 14.1 Å². The Bertz CT molecular complexity index is 28.7. The van der Waals surface area contributed by atoms with Gasteiger partial charge in [0.2, 0.25) is 0 Å². The fourth-order valence-electron chi connectivity index (χ4n) is 0.200. The van der Waals surface area contributed by atoms with Crippen molar-refractivity contribution in [3.05, 3.63) is 0 Å². The zero-order valence-electron chi connectivity index (χ0n) is 4.31. The molecule has 0 heterocycles. The van der Waals surface area contributed by atoms with Crippen molar-refractivity contribution in [3.63, 3.8) is 0 Å². The van der Waals surface area contributed by atoms with E-state index in [4.69, 9.17) is 0 Å². The molecule has 0 atom stereocenters. The summed E-state index contributed by atoms with van der Waals surface area (Å²) in [5.74, 6) is 0. The molecule has 0 bridgehead atoms. The summed E-state index contributed by atoms with van der Waals surface area (Å²) in [6.45, 7) is 1.07. The van der Waals surface area contributed by atoms with Gasteiger partial charge in [0.05, 0.1) is 0 Å². The van der Waals surface area contributed by atoms with Crippen molar-refractivity contribution in [2.75, 3.05) is 26.8 Å². The fourth-order valence-corrected chi connectivity index (χ4v) is 0.600. The van der Waals surface area contributed by atoms with Crippen LogP contribution in [0.15, 0.2) is 0 Å². The van der Waals surface area contributed by atoms with Gasteiger partial charge in [-0.3, -0.25) is 0 Å². The van der Waals surface area contributed by atoms with Gasteiger partial charge in [0.1, 0.15) is 0 Å². The average molecular weight is 103 g/mol. The first-order chi connectivity index (χ1) is 2.77. The molecular formula is C4H10NP. The van der Waals surface area contributed by atoms with Crippen LogP contribution in [0.4, 0.5) is 0 Å². The summed E-state index contributed by atoms with van der Waals surface area (Å²) in [6.07, 6.45) is 0.951. The molecule has 0 aromatic carbocycles. The summed E-state index contributed by atoms with van der Waals surface area (Å²) in [5, 5.41) is 0. The van der Waals surface area contributed by atoms with Crippen LogP contribution in [0.3, 0.4) is 0 Å². The Balaban J connectivity index is 2.63. The third-order valence-corrected chi connectivity index (χ3v) is 0.747. The largest absolute Gasteiger partial charge is 0.309 e.